The molecule has 98 valence electrons. The van der Waals surface area contributed by atoms with Gasteiger partial charge in [0.1, 0.15) is 0 Å². The molecule has 3 nitrogen and oxygen atoms in total. The number of amides is 1. The predicted molar refractivity (Wildman–Crippen MR) is 77.9 cm³/mol. The van der Waals surface area contributed by atoms with Crippen molar-refractivity contribution in [1.29, 1.82) is 0 Å². The van der Waals surface area contributed by atoms with Crippen molar-refractivity contribution >= 4 is 27.5 Å². The number of anilines is 1. The van der Waals surface area contributed by atoms with Crippen LogP contribution in [0.25, 0.3) is 0 Å². The summed E-state index contributed by atoms with van der Waals surface area (Å²) in [6.45, 7) is 6.75. The van der Waals surface area contributed by atoms with Gasteiger partial charge in [0.2, 0.25) is 5.91 Å². The van der Waals surface area contributed by atoms with E-state index < -0.39 is 0 Å². The van der Waals surface area contributed by atoms with Gasteiger partial charge in [-0.3, -0.25) is 4.79 Å². The van der Waals surface area contributed by atoms with Crippen LogP contribution in [0.3, 0.4) is 0 Å². The molecular weight excluding hydrogens is 292 g/mol. The van der Waals surface area contributed by atoms with Crippen molar-refractivity contribution in [1.82, 2.24) is 5.32 Å². The summed E-state index contributed by atoms with van der Waals surface area (Å²) in [5.74, 6) is 0.678. The zero-order chi connectivity index (χ0) is 13.1. The first-order chi connectivity index (χ1) is 8.58. The van der Waals surface area contributed by atoms with E-state index in [4.69, 9.17) is 0 Å². The second-order valence-electron chi connectivity index (χ2n) is 4.99. The van der Waals surface area contributed by atoms with Crippen molar-refractivity contribution in [3.05, 3.63) is 28.2 Å². The van der Waals surface area contributed by atoms with Gasteiger partial charge in [-0.05, 0) is 43.1 Å². The highest BCUT2D eigenvalue weighted by Crippen LogP contribution is 2.25. The highest BCUT2D eigenvalue weighted by molar-refractivity contribution is 9.10. The van der Waals surface area contributed by atoms with Gasteiger partial charge in [-0.2, -0.15) is 0 Å². The van der Waals surface area contributed by atoms with Crippen LogP contribution in [0, 0.1) is 12.8 Å². The van der Waals surface area contributed by atoms with Crippen LogP contribution in [0.15, 0.2) is 22.7 Å². The Kier molecular flexibility index (Phi) is 4.40. The van der Waals surface area contributed by atoms with Gasteiger partial charge in [-0.1, -0.05) is 22.9 Å². The third-order valence-electron chi connectivity index (χ3n) is 3.25. The molecule has 1 saturated heterocycles. The number of halogens is 1. The van der Waals surface area contributed by atoms with Gasteiger partial charge in [0.15, 0.2) is 0 Å². The number of hydrogen-bond acceptors (Lipinski definition) is 2. The molecule has 4 heteroatoms. The predicted octanol–water partition coefficient (Wildman–Crippen LogP) is 2.72. The fourth-order valence-corrected chi connectivity index (χ4v) is 2.79. The van der Waals surface area contributed by atoms with Crippen LogP contribution in [0.4, 0.5) is 5.69 Å². The molecule has 0 saturated carbocycles. The zero-order valence-electron chi connectivity index (χ0n) is 10.9. The van der Waals surface area contributed by atoms with E-state index in [2.05, 4.69) is 41.2 Å². The number of benzene rings is 1. The van der Waals surface area contributed by atoms with E-state index in [1.54, 1.807) is 0 Å². The molecule has 1 atom stereocenters. The Morgan fingerprint density at radius 1 is 1.44 bits per heavy atom. The second-order valence-corrected chi connectivity index (χ2v) is 5.91. The first-order valence-corrected chi connectivity index (χ1v) is 7.14. The largest absolute Gasteiger partial charge is 0.316 e. The van der Waals surface area contributed by atoms with E-state index in [0.717, 1.165) is 35.4 Å². The number of hydrogen-bond donors (Lipinski definition) is 1. The van der Waals surface area contributed by atoms with E-state index in [-0.39, 0.29) is 5.91 Å². The molecule has 1 aromatic rings. The molecule has 1 aliphatic rings. The summed E-state index contributed by atoms with van der Waals surface area (Å²) < 4.78 is 1.05. The second kappa shape index (κ2) is 5.85. The van der Waals surface area contributed by atoms with Gasteiger partial charge in [0.25, 0.3) is 0 Å². The minimum atomic E-state index is 0.208. The molecule has 0 aromatic heterocycles. The van der Waals surface area contributed by atoms with Gasteiger partial charge in [0, 0.05) is 29.7 Å². The third kappa shape index (κ3) is 3.12. The number of carbonyl (C=O) groups excluding carboxylic acids is 1. The molecule has 0 aliphatic carbocycles. The van der Waals surface area contributed by atoms with Gasteiger partial charge >= 0.3 is 0 Å². The van der Waals surface area contributed by atoms with E-state index in [1.165, 1.54) is 0 Å². The van der Waals surface area contributed by atoms with E-state index in [1.807, 2.05) is 17.0 Å². The Balaban J connectivity index is 2.29. The smallest absolute Gasteiger partial charge is 0.228 e. The Bertz CT molecular complexity index is 447. The van der Waals surface area contributed by atoms with Crippen LogP contribution in [0.1, 0.15) is 18.9 Å². The number of carbonyl (C=O) groups is 1. The fraction of sp³-hybridized carbons (Fsp3) is 0.500. The van der Waals surface area contributed by atoms with Crippen molar-refractivity contribution in [3.8, 4) is 0 Å². The summed E-state index contributed by atoms with van der Waals surface area (Å²) in [7, 11) is 0. The standard InChI is InChI=1S/C14H19BrN2O/c1-10-8-16-6-5-14(18)17(9-10)13-4-3-12(15)7-11(13)2/h3-4,7,10,16H,5-6,8-9H2,1-2H3. The first-order valence-electron chi connectivity index (χ1n) is 6.35. The molecule has 1 fully saturated rings. The molecule has 1 unspecified atom stereocenters. The molecule has 1 N–H and O–H groups in total. The molecule has 1 amide bonds. The van der Waals surface area contributed by atoms with Gasteiger partial charge in [-0.15, -0.1) is 0 Å². The van der Waals surface area contributed by atoms with Crippen molar-refractivity contribution in [2.45, 2.75) is 20.3 Å². The van der Waals surface area contributed by atoms with E-state index in [0.29, 0.717) is 12.3 Å². The van der Waals surface area contributed by atoms with Crippen LogP contribution < -0.4 is 10.2 Å². The molecular formula is C14H19BrN2O. The van der Waals surface area contributed by atoms with Crippen molar-refractivity contribution < 1.29 is 4.79 Å². The SMILES string of the molecule is Cc1cc(Br)ccc1N1CC(C)CNCCC1=O. The van der Waals surface area contributed by atoms with Crippen LogP contribution >= 0.6 is 15.9 Å². The first kappa shape index (κ1) is 13.6. The van der Waals surface area contributed by atoms with E-state index >= 15 is 0 Å². The lowest BCUT2D eigenvalue weighted by Crippen LogP contribution is -2.42. The number of nitrogens with zero attached hydrogens (tertiary/aromatic N) is 1. The average molecular weight is 311 g/mol. The fourth-order valence-electron chi connectivity index (χ4n) is 2.31. The Morgan fingerprint density at radius 2 is 2.22 bits per heavy atom. The van der Waals surface area contributed by atoms with Gasteiger partial charge in [-0.25, -0.2) is 0 Å². The lowest BCUT2D eigenvalue weighted by atomic mass is 10.1. The highest BCUT2D eigenvalue weighted by Gasteiger charge is 2.21. The normalized spacial score (nSPS) is 21.6. The van der Waals surface area contributed by atoms with Gasteiger partial charge in [0.05, 0.1) is 0 Å². The molecule has 1 aromatic carbocycles. The third-order valence-corrected chi connectivity index (χ3v) is 3.75. The maximum absolute atomic E-state index is 12.2. The van der Waals surface area contributed by atoms with Crippen LogP contribution in [-0.2, 0) is 4.79 Å². The molecule has 0 radical (unpaired) electrons. The van der Waals surface area contributed by atoms with E-state index in [9.17, 15) is 4.79 Å². The highest BCUT2D eigenvalue weighted by atomic mass is 79.9. The minimum Gasteiger partial charge on any atom is -0.316 e. The summed E-state index contributed by atoms with van der Waals surface area (Å²) in [6.07, 6.45) is 0.572. The molecule has 1 aliphatic heterocycles. The van der Waals surface area contributed by atoms with Crippen molar-refractivity contribution in [2.24, 2.45) is 5.92 Å². The summed E-state index contributed by atoms with van der Waals surface area (Å²) in [6, 6.07) is 6.08. The Hall–Kier alpha value is -0.870. The summed E-state index contributed by atoms with van der Waals surface area (Å²) in [5.41, 5.74) is 2.18. The molecule has 2 rings (SSSR count). The lowest BCUT2D eigenvalue weighted by Gasteiger charge is -2.30. The van der Waals surface area contributed by atoms with Crippen LogP contribution in [-0.4, -0.2) is 25.5 Å². The number of nitrogens with one attached hydrogen (secondary N) is 1. The molecule has 0 spiro atoms. The molecule has 18 heavy (non-hydrogen) atoms. The Labute approximate surface area is 117 Å². The van der Waals surface area contributed by atoms with Crippen LogP contribution in [0.2, 0.25) is 0 Å². The lowest BCUT2D eigenvalue weighted by molar-refractivity contribution is -0.118. The summed E-state index contributed by atoms with van der Waals surface area (Å²) in [4.78, 5) is 14.2. The van der Waals surface area contributed by atoms with Crippen molar-refractivity contribution in [3.63, 3.8) is 0 Å². The average Bonchev–Trinajstić information content (AvgIpc) is 2.30. The Morgan fingerprint density at radius 3 is 2.94 bits per heavy atom. The van der Waals surface area contributed by atoms with Crippen molar-refractivity contribution in [2.75, 3.05) is 24.5 Å². The maximum Gasteiger partial charge on any atom is 0.228 e. The number of aryl methyl sites for hydroxylation is 1. The number of rotatable bonds is 1. The topological polar surface area (TPSA) is 32.3 Å². The minimum absolute atomic E-state index is 0.208. The monoisotopic (exact) mass is 310 g/mol. The zero-order valence-corrected chi connectivity index (χ0v) is 12.5. The summed E-state index contributed by atoms with van der Waals surface area (Å²) >= 11 is 3.46. The maximum atomic E-state index is 12.2. The van der Waals surface area contributed by atoms with Crippen LogP contribution in [0.5, 0.6) is 0 Å². The molecule has 1 heterocycles. The quantitative estimate of drug-likeness (QED) is 0.865. The molecule has 0 bridgehead atoms. The van der Waals surface area contributed by atoms with Gasteiger partial charge < -0.3 is 10.2 Å². The summed E-state index contributed by atoms with van der Waals surface area (Å²) in [5, 5.41) is 3.31.